The van der Waals surface area contributed by atoms with Crippen LogP contribution < -0.4 is 10.1 Å². The summed E-state index contributed by atoms with van der Waals surface area (Å²) >= 11 is 0. The van der Waals surface area contributed by atoms with E-state index in [2.05, 4.69) is 34.2 Å². The molecular formula is C23H37N3O3. The standard InChI is InChI=1S/C23H37N3O3/c1-23(22(28)24-2)10-14-26(15-11-23)16-19-6-8-21(9-7-19)29-18-20(27)17-25-12-4-3-5-13-25/h6-9,20,27H,3-5,10-18H2,1-2H3,(H,24,28)/t20-/m1/s1. The van der Waals surface area contributed by atoms with E-state index in [0.29, 0.717) is 13.2 Å². The number of rotatable bonds is 8. The molecule has 162 valence electrons. The number of ether oxygens (including phenoxy) is 1. The third-order valence-corrected chi connectivity index (χ3v) is 6.42. The zero-order valence-corrected chi connectivity index (χ0v) is 18.0. The van der Waals surface area contributed by atoms with Gasteiger partial charge in [0.05, 0.1) is 0 Å². The van der Waals surface area contributed by atoms with E-state index in [9.17, 15) is 9.90 Å². The summed E-state index contributed by atoms with van der Waals surface area (Å²) in [4.78, 5) is 16.8. The maximum atomic E-state index is 12.0. The molecule has 1 amide bonds. The molecule has 0 aromatic heterocycles. The second kappa shape index (κ2) is 10.4. The van der Waals surface area contributed by atoms with Crippen LogP contribution in [0.25, 0.3) is 0 Å². The summed E-state index contributed by atoms with van der Waals surface area (Å²) in [6.07, 6.45) is 5.11. The molecule has 2 heterocycles. The van der Waals surface area contributed by atoms with E-state index >= 15 is 0 Å². The van der Waals surface area contributed by atoms with E-state index in [1.165, 1.54) is 24.8 Å². The Morgan fingerprint density at radius 3 is 2.38 bits per heavy atom. The zero-order valence-electron chi connectivity index (χ0n) is 18.0. The molecule has 3 rings (SSSR count). The van der Waals surface area contributed by atoms with Crippen LogP contribution in [-0.4, -0.2) is 73.3 Å². The molecule has 2 fully saturated rings. The van der Waals surface area contributed by atoms with Crippen molar-refractivity contribution in [1.82, 2.24) is 15.1 Å². The van der Waals surface area contributed by atoms with Crippen molar-refractivity contribution in [2.75, 3.05) is 46.4 Å². The molecule has 2 aliphatic heterocycles. The highest BCUT2D eigenvalue weighted by Crippen LogP contribution is 2.31. The van der Waals surface area contributed by atoms with Crippen LogP contribution >= 0.6 is 0 Å². The predicted molar refractivity (Wildman–Crippen MR) is 115 cm³/mol. The highest BCUT2D eigenvalue weighted by atomic mass is 16.5. The van der Waals surface area contributed by atoms with E-state index in [-0.39, 0.29) is 11.3 Å². The normalized spacial score (nSPS) is 21.5. The summed E-state index contributed by atoms with van der Waals surface area (Å²) in [6, 6.07) is 8.17. The topological polar surface area (TPSA) is 65.0 Å². The Labute approximate surface area is 175 Å². The van der Waals surface area contributed by atoms with E-state index in [0.717, 1.165) is 51.3 Å². The minimum Gasteiger partial charge on any atom is -0.491 e. The van der Waals surface area contributed by atoms with Crippen molar-refractivity contribution in [2.45, 2.75) is 51.7 Å². The molecule has 0 aliphatic carbocycles. The fourth-order valence-electron chi connectivity index (χ4n) is 4.37. The first-order chi connectivity index (χ1) is 14.0. The molecule has 1 aromatic rings. The monoisotopic (exact) mass is 403 g/mol. The first-order valence-corrected chi connectivity index (χ1v) is 11.1. The van der Waals surface area contributed by atoms with Gasteiger partial charge >= 0.3 is 0 Å². The van der Waals surface area contributed by atoms with Gasteiger partial charge in [0.2, 0.25) is 5.91 Å². The summed E-state index contributed by atoms with van der Waals surface area (Å²) in [7, 11) is 1.72. The summed E-state index contributed by atoms with van der Waals surface area (Å²) in [5.74, 6) is 0.957. The SMILES string of the molecule is CNC(=O)C1(C)CCN(Cc2ccc(OC[C@H](O)CN3CCCCC3)cc2)CC1. The summed E-state index contributed by atoms with van der Waals surface area (Å²) in [6.45, 7) is 8.03. The van der Waals surface area contributed by atoms with Gasteiger partial charge in [-0.15, -0.1) is 0 Å². The van der Waals surface area contributed by atoms with Gasteiger partial charge in [-0.05, 0) is 69.6 Å². The van der Waals surface area contributed by atoms with Crippen LogP contribution in [0.5, 0.6) is 5.75 Å². The molecule has 0 radical (unpaired) electrons. The third kappa shape index (κ3) is 6.43. The number of benzene rings is 1. The fraction of sp³-hybridized carbons (Fsp3) is 0.696. The van der Waals surface area contributed by atoms with Crippen molar-refractivity contribution in [2.24, 2.45) is 5.41 Å². The van der Waals surface area contributed by atoms with Crippen LogP contribution in [0.1, 0.15) is 44.6 Å². The van der Waals surface area contributed by atoms with E-state index in [1.54, 1.807) is 7.05 Å². The largest absolute Gasteiger partial charge is 0.491 e. The van der Waals surface area contributed by atoms with E-state index in [4.69, 9.17) is 4.74 Å². The van der Waals surface area contributed by atoms with Crippen molar-refractivity contribution in [3.05, 3.63) is 29.8 Å². The van der Waals surface area contributed by atoms with E-state index < -0.39 is 6.10 Å². The number of likely N-dealkylation sites (tertiary alicyclic amines) is 2. The van der Waals surface area contributed by atoms with Gasteiger partial charge in [0.1, 0.15) is 18.5 Å². The molecule has 2 saturated heterocycles. The number of nitrogens with one attached hydrogen (secondary N) is 1. The van der Waals surface area contributed by atoms with Gasteiger partial charge in [-0.3, -0.25) is 9.69 Å². The average Bonchev–Trinajstić information content (AvgIpc) is 2.75. The molecule has 6 nitrogen and oxygen atoms in total. The number of hydrogen-bond acceptors (Lipinski definition) is 5. The van der Waals surface area contributed by atoms with E-state index in [1.807, 2.05) is 12.1 Å². The molecule has 0 spiro atoms. The van der Waals surface area contributed by atoms with Crippen molar-refractivity contribution < 1.29 is 14.6 Å². The van der Waals surface area contributed by atoms with Crippen LogP contribution in [0.15, 0.2) is 24.3 Å². The van der Waals surface area contributed by atoms with Gasteiger partial charge in [-0.2, -0.15) is 0 Å². The lowest BCUT2D eigenvalue weighted by molar-refractivity contribution is -0.132. The number of aliphatic hydroxyl groups excluding tert-OH is 1. The Morgan fingerprint density at radius 2 is 1.76 bits per heavy atom. The van der Waals surface area contributed by atoms with Crippen LogP contribution in [0.3, 0.4) is 0 Å². The summed E-state index contributed by atoms with van der Waals surface area (Å²) < 4.78 is 5.79. The van der Waals surface area contributed by atoms with Gasteiger partial charge < -0.3 is 20.1 Å². The molecular weight excluding hydrogens is 366 g/mol. The predicted octanol–water partition coefficient (Wildman–Crippen LogP) is 2.26. The number of hydrogen-bond donors (Lipinski definition) is 2. The van der Waals surface area contributed by atoms with Crippen molar-refractivity contribution in [1.29, 1.82) is 0 Å². The maximum Gasteiger partial charge on any atom is 0.225 e. The molecule has 2 aliphatic rings. The number of carbonyl (C=O) groups excluding carboxylic acids is 1. The molecule has 0 saturated carbocycles. The smallest absolute Gasteiger partial charge is 0.225 e. The Morgan fingerprint density at radius 1 is 1.10 bits per heavy atom. The second-order valence-electron chi connectivity index (χ2n) is 8.89. The molecule has 0 unspecified atom stereocenters. The zero-order chi connectivity index (χ0) is 20.7. The van der Waals surface area contributed by atoms with Crippen molar-refractivity contribution >= 4 is 5.91 Å². The number of β-amino-alcohol motifs (C(OH)–C–C–N with tert-alkyl or cyclic N) is 1. The average molecular weight is 404 g/mol. The quantitative estimate of drug-likeness (QED) is 0.697. The lowest BCUT2D eigenvalue weighted by Crippen LogP contribution is -2.46. The lowest BCUT2D eigenvalue weighted by atomic mass is 9.79. The number of amides is 1. The molecule has 2 N–H and O–H groups in total. The second-order valence-corrected chi connectivity index (χ2v) is 8.89. The Kier molecular flexibility index (Phi) is 7.92. The van der Waals surface area contributed by atoms with Crippen LogP contribution in [-0.2, 0) is 11.3 Å². The van der Waals surface area contributed by atoms with Crippen LogP contribution in [0, 0.1) is 5.41 Å². The fourth-order valence-corrected chi connectivity index (χ4v) is 4.37. The highest BCUT2D eigenvalue weighted by Gasteiger charge is 2.36. The van der Waals surface area contributed by atoms with Gasteiger partial charge in [-0.25, -0.2) is 0 Å². The Hall–Kier alpha value is -1.63. The number of nitrogens with zero attached hydrogens (tertiary/aromatic N) is 2. The van der Waals surface area contributed by atoms with Crippen molar-refractivity contribution in [3.8, 4) is 5.75 Å². The van der Waals surface area contributed by atoms with Gasteiger partial charge in [0.25, 0.3) is 0 Å². The lowest BCUT2D eigenvalue weighted by Gasteiger charge is -2.38. The maximum absolute atomic E-state index is 12.0. The Balaban J connectivity index is 1.39. The number of piperidine rings is 2. The molecule has 29 heavy (non-hydrogen) atoms. The summed E-state index contributed by atoms with van der Waals surface area (Å²) in [5.41, 5.74) is 1.01. The van der Waals surface area contributed by atoms with Crippen LogP contribution in [0.2, 0.25) is 0 Å². The van der Waals surface area contributed by atoms with Gasteiger partial charge in [0.15, 0.2) is 0 Å². The first kappa shape index (κ1) is 22.1. The minimum atomic E-state index is -0.448. The van der Waals surface area contributed by atoms with Crippen LogP contribution in [0.4, 0.5) is 0 Å². The molecule has 1 atom stereocenters. The van der Waals surface area contributed by atoms with Gasteiger partial charge in [-0.1, -0.05) is 25.5 Å². The number of aliphatic hydroxyl groups is 1. The van der Waals surface area contributed by atoms with Gasteiger partial charge in [0, 0.05) is 25.6 Å². The molecule has 1 aromatic carbocycles. The number of carbonyl (C=O) groups is 1. The molecule has 0 bridgehead atoms. The highest BCUT2D eigenvalue weighted by molar-refractivity contribution is 5.82. The minimum absolute atomic E-state index is 0.154. The van der Waals surface area contributed by atoms with Crippen molar-refractivity contribution in [3.63, 3.8) is 0 Å². The summed E-state index contributed by atoms with van der Waals surface area (Å²) in [5, 5.41) is 13.0. The third-order valence-electron chi connectivity index (χ3n) is 6.42. The Bertz CT molecular complexity index is 635. The molecule has 6 heteroatoms. The first-order valence-electron chi connectivity index (χ1n) is 11.1.